The quantitative estimate of drug-likeness (QED) is 0.484. The molecule has 2 aliphatic carbocycles. The molecule has 6 nitrogen and oxygen atoms in total. The third kappa shape index (κ3) is 3.10. The van der Waals surface area contributed by atoms with E-state index in [1.165, 1.54) is 4.90 Å². The molecule has 154 valence electrons. The van der Waals surface area contributed by atoms with Gasteiger partial charge in [-0.1, -0.05) is 31.9 Å². The zero-order valence-electron chi connectivity index (χ0n) is 15.7. The minimum absolute atomic E-state index is 0.0874. The smallest absolute Gasteiger partial charge is 0.251 e. The maximum Gasteiger partial charge on any atom is 0.251 e. The fourth-order valence-electron chi connectivity index (χ4n) is 5.48. The summed E-state index contributed by atoms with van der Waals surface area (Å²) < 4.78 is 5.52. The Morgan fingerprint density at radius 1 is 1.07 bits per heavy atom. The summed E-state index contributed by atoms with van der Waals surface area (Å²) in [4.78, 5) is 40.3. The van der Waals surface area contributed by atoms with Crippen LogP contribution in [0, 0.1) is 23.7 Å². The van der Waals surface area contributed by atoms with Crippen molar-refractivity contribution in [1.82, 2.24) is 5.32 Å². The number of alkyl halides is 2. The zero-order chi connectivity index (χ0) is 20.3. The lowest BCUT2D eigenvalue weighted by Gasteiger charge is -2.28. The van der Waals surface area contributed by atoms with Crippen LogP contribution >= 0.6 is 31.9 Å². The van der Waals surface area contributed by atoms with Gasteiger partial charge >= 0.3 is 0 Å². The van der Waals surface area contributed by atoms with Gasteiger partial charge in [-0.25, -0.2) is 0 Å². The second-order valence-electron chi connectivity index (χ2n) is 8.41. The molecular formula is C21H22Br2N2O4. The number of benzene rings is 1. The molecule has 5 rings (SSSR count). The Morgan fingerprint density at radius 2 is 1.69 bits per heavy atom. The van der Waals surface area contributed by atoms with Gasteiger partial charge in [0.25, 0.3) is 5.91 Å². The van der Waals surface area contributed by atoms with Crippen LogP contribution in [0.2, 0.25) is 0 Å². The number of halogens is 2. The van der Waals surface area contributed by atoms with Crippen LogP contribution < -0.4 is 10.2 Å². The Kier molecular flexibility index (Phi) is 5.07. The Balaban J connectivity index is 1.30. The first-order chi connectivity index (χ1) is 14.0. The predicted octanol–water partition coefficient (Wildman–Crippen LogP) is 2.88. The SMILES string of the molecule is O=C(NC[C@@H]1CCCO1)c1ccc(N2C(=O)[C@@H]3[C@H]4C[C@@H]([C@@H](Br)[C@H]4Br)[C@H]3C2=O)cc1. The number of rotatable bonds is 4. The highest BCUT2D eigenvalue weighted by Crippen LogP contribution is 2.60. The van der Waals surface area contributed by atoms with Gasteiger partial charge in [0.2, 0.25) is 11.8 Å². The van der Waals surface area contributed by atoms with E-state index in [9.17, 15) is 14.4 Å². The highest BCUT2D eigenvalue weighted by Gasteiger charge is 2.66. The number of hydrogen-bond acceptors (Lipinski definition) is 4. The highest BCUT2D eigenvalue weighted by atomic mass is 79.9. The van der Waals surface area contributed by atoms with Crippen molar-refractivity contribution in [2.45, 2.75) is 35.0 Å². The average molecular weight is 526 g/mol. The van der Waals surface area contributed by atoms with Crippen molar-refractivity contribution in [3.63, 3.8) is 0 Å². The van der Waals surface area contributed by atoms with Crippen LogP contribution in [0.1, 0.15) is 29.6 Å². The minimum atomic E-state index is -0.236. The molecule has 0 spiro atoms. The van der Waals surface area contributed by atoms with E-state index in [0.29, 0.717) is 17.8 Å². The molecule has 8 heteroatoms. The van der Waals surface area contributed by atoms with Gasteiger partial charge < -0.3 is 10.1 Å². The summed E-state index contributed by atoms with van der Waals surface area (Å²) >= 11 is 7.41. The molecule has 2 aliphatic heterocycles. The number of carbonyl (C=O) groups is 3. The molecule has 0 unspecified atom stereocenters. The number of anilines is 1. The van der Waals surface area contributed by atoms with E-state index < -0.39 is 0 Å². The van der Waals surface area contributed by atoms with E-state index in [4.69, 9.17) is 4.74 Å². The maximum absolute atomic E-state index is 13.1. The van der Waals surface area contributed by atoms with Crippen LogP contribution in [0.3, 0.4) is 0 Å². The molecular weight excluding hydrogens is 504 g/mol. The molecule has 0 aromatic heterocycles. The molecule has 2 bridgehead atoms. The van der Waals surface area contributed by atoms with Crippen LogP contribution in [-0.4, -0.2) is 46.6 Å². The number of imide groups is 1. The number of hydrogen-bond donors (Lipinski definition) is 1. The van der Waals surface area contributed by atoms with Crippen molar-refractivity contribution in [1.29, 1.82) is 0 Å². The van der Waals surface area contributed by atoms with Gasteiger partial charge in [0.1, 0.15) is 0 Å². The third-order valence-corrected chi connectivity index (χ3v) is 10.1. The summed E-state index contributed by atoms with van der Waals surface area (Å²) in [5.74, 6) is -0.471. The van der Waals surface area contributed by atoms with Gasteiger partial charge in [0.05, 0.1) is 23.6 Å². The number of nitrogens with zero attached hydrogens (tertiary/aromatic N) is 1. The van der Waals surface area contributed by atoms with E-state index >= 15 is 0 Å². The molecule has 1 aromatic rings. The lowest BCUT2D eigenvalue weighted by atomic mass is 9.81. The van der Waals surface area contributed by atoms with Gasteiger partial charge in [-0.15, -0.1) is 0 Å². The van der Waals surface area contributed by atoms with Crippen molar-refractivity contribution >= 4 is 55.3 Å². The van der Waals surface area contributed by atoms with Crippen molar-refractivity contribution in [3.05, 3.63) is 29.8 Å². The highest BCUT2D eigenvalue weighted by molar-refractivity contribution is 9.12. The monoisotopic (exact) mass is 524 g/mol. The minimum Gasteiger partial charge on any atom is -0.376 e. The molecule has 2 saturated heterocycles. The predicted molar refractivity (Wildman–Crippen MR) is 114 cm³/mol. The molecule has 4 fully saturated rings. The summed E-state index contributed by atoms with van der Waals surface area (Å²) in [6.45, 7) is 1.25. The van der Waals surface area contributed by atoms with Gasteiger partial charge in [-0.3, -0.25) is 19.3 Å². The second-order valence-corrected chi connectivity index (χ2v) is 10.5. The lowest BCUT2D eigenvalue weighted by Crippen LogP contribution is -2.37. The summed E-state index contributed by atoms with van der Waals surface area (Å²) in [6.07, 6.45) is 3.00. The van der Waals surface area contributed by atoms with Crippen LogP contribution in [0.25, 0.3) is 0 Å². The van der Waals surface area contributed by atoms with Crippen molar-refractivity contribution in [2.24, 2.45) is 23.7 Å². The molecule has 2 heterocycles. The van der Waals surface area contributed by atoms with Crippen LogP contribution in [0.5, 0.6) is 0 Å². The maximum atomic E-state index is 13.1. The molecule has 29 heavy (non-hydrogen) atoms. The fraction of sp³-hybridized carbons (Fsp3) is 0.571. The number of amides is 3. The number of ether oxygens (including phenoxy) is 1. The fourth-order valence-corrected chi connectivity index (χ4v) is 7.35. The summed E-state index contributed by atoms with van der Waals surface area (Å²) in [6, 6.07) is 6.72. The first kappa shape index (κ1) is 19.7. The van der Waals surface area contributed by atoms with E-state index in [1.54, 1.807) is 24.3 Å². The van der Waals surface area contributed by atoms with E-state index in [2.05, 4.69) is 37.2 Å². The lowest BCUT2D eigenvalue weighted by molar-refractivity contribution is -0.123. The molecule has 1 N–H and O–H groups in total. The first-order valence-electron chi connectivity index (χ1n) is 10.1. The average Bonchev–Trinajstić information content (AvgIpc) is 3.47. The van der Waals surface area contributed by atoms with Crippen LogP contribution in [-0.2, 0) is 14.3 Å². The molecule has 7 atom stereocenters. The molecule has 2 saturated carbocycles. The summed E-state index contributed by atoms with van der Waals surface area (Å²) in [7, 11) is 0. The number of nitrogens with one attached hydrogen (secondary N) is 1. The largest absolute Gasteiger partial charge is 0.376 e. The van der Waals surface area contributed by atoms with Crippen molar-refractivity contribution < 1.29 is 19.1 Å². The third-order valence-electron chi connectivity index (χ3n) is 6.89. The molecule has 1 aromatic carbocycles. The molecule has 3 amide bonds. The Morgan fingerprint density at radius 3 is 2.24 bits per heavy atom. The van der Waals surface area contributed by atoms with Crippen molar-refractivity contribution in [3.8, 4) is 0 Å². The van der Waals surface area contributed by atoms with Gasteiger partial charge in [0, 0.05) is 28.4 Å². The number of fused-ring (bicyclic) bond motifs is 5. The van der Waals surface area contributed by atoms with Gasteiger partial charge in [-0.2, -0.15) is 0 Å². The zero-order valence-corrected chi connectivity index (χ0v) is 18.9. The Bertz CT molecular complexity index is 823. The Labute approximate surface area is 186 Å². The Hall–Kier alpha value is -1.25. The van der Waals surface area contributed by atoms with E-state index in [0.717, 1.165) is 25.9 Å². The standard InChI is InChI=1S/C21H22Br2N2O4/c22-17-13-8-14(18(17)23)16-15(13)20(27)25(21(16)28)11-5-3-10(4-6-11)19(26)24-9-12-2-1-7-29-12/h3-6,12-18H,1-2,7-9H2,(H,24,26)/t12-,13+,14+,15+,16+,17-,18+/m0/s1. The second kappa shape index (κ2) is 7.46. The van der Waals surface area contributed by atoms with Gasteiger partial charge in [0.15, 0.2) is 0 Å². The van der Waals surface area contributed by atoms with Crippen LogP contribution in [0.15, 0.2) is 24.3 Å². The topological polar surface area (TPSA) is 75.7 Å². The normalized spacial score (nSPS) is 38.0. The first-order valence-corrected chi connectivity index (χ1v) is 12.0. The molecule has 0 radical (unpaired) electrons. The summed E-state index contributed by atoms with van der Waals surface area (Å²) in [5, 5.41) is 2.89. The van der Waals surface area contributed by atoms with Gasteiger partial charge in [-0.05, 0) is 55.4 Å². The van der Waals surface area contributed by atoms with Crippen molar-refractivity contribution in [2.75, 3.05) is 18.1 Å². The van der Waals surface area contributed by atoms with Crippen LogP contribution in [0.4, 0.5) is 5.69 Å². The number of carbonyl (C=O) groups excluding carboxylic acids is 3. The molecule has 4 aliphatic rings. The van der Waals surface area contributed by atoms with E-state index in [-0.39, 0.29) is 57.2 Å². The van der Waals surface area contributed by atoms with E-state index in [1.807, 2.05) is 0 Å². The summed E-state index contributed by atoms with van der Waals surface area (Å²) in [5.41, 5.74) is 1.05.